The number of fused-ring (bicyclic) bond motifs is 1. The van der Waals surface area contributed by atoms with Crippen LogP contribution in [0.4, 0.5) is 4.39 Å². The van der Waals surface area contributed by atoms with E-state index < -0.39 is 0 Å². The minimum atomic E-state index is -0.298. The van der Waals surface area contributed by atoms with Crippen molar-refractivity contribution < 1.29 is 9.13 Å². The Kier molecular flexibility index (Phi) is 4.96. The molecule has 2 aliphatic rings. The van der Waals surface area contributed by atoms with Gasteiger partial charge in [-0.25, -0.2) is 4.39 Å². The summed E-state index contributed by atoms with van der Waals surface area (Å²) < 4.78 is 20.7. The molecule has 0 radical (unpaired) electrons. The molecular formula is C22H27FN2O. The monoisotopic (exact) mass is 354 g/mol. The van der Waals surface area contributed by atoms with Crippen LogP contribution >= 0.6 is 0 Å². The molecule has 1 aliphatic heterocycles. The molecule has 2 aromatic carbocycles. The summed E-state index contributed by atoms with van der Waals surface area (Å²) in [5, 5.41) is 0. The van der Waals surface area contributed by atoms with E-state index in [4.69, 9.17) is 10.5 Å². The Labute approximate surface area is 155 Å². The van der Waals surface area contributed by atoms with Gasteiger partial charge in [0, 0.05) is 12.6 Å². The summed E-state index contributed by atoms with van der Waals surface area (Å²) in [5.74, 6) is 0.0470. The van der Waals surface area contributed by atoms with Crippen LogP contribution in [0.1, 0.15) is 42.1 Å². The molecule has 4 heteroatoms. The molecule has 1 heterocycles. The topological polar surface area (TPSA) is 38.5 Å². The Hall–Kier alpha value is -1.91. The smallest absolute Gasteiger partial charge is 0.165 e. The van der Waals surface area contributed by atoms with Crippen LogP contribution in [-0.4, -0.2) is 30.1 Å². The van der Waals surface area contributed by atoms with E-state index in [0.717, 1.165) is 44.3 Å². The predicted molar refractivity (Wildman–Crippen MR) is 102 cm³/mol. The van der Waals surface area contributed by atoms with Crippen LogP contribution in [0.25, 0.3) is 0 Å². The maximum Gasteiger partial charge on any atom is 0.165 e. The molecule has 2 N–H and O–H groups in total. The fraction of sp³-hybridized carbons (Fsp3) is 0.455. The summed E-state index contributed by atoms with van der Waals surface area (Å²) in [6.45, 7) is 3.89. The summed E-state index contributed by atoms with van der Waals surface area (Å²) in [6, 6.07) is 13.9. The highest BCUT2D eigenvalue weighted by Gasteiger charge is 2.37. The third-order valence-corrected chi connectivity index (χ3v) is 5.72. The lowest BCUT2D eigenvalue weighted by Crippen LogP contribution is -2.51. The molecule has 3 atom stereocenters. The van der Waals surface area contributed by atoms with Crippen molar-refractivity contribution in [1.29, 1.82) is 0 Å². The first kappa shape index (κ1) is 17.5. The molecule has 1 aliphatic carbocycles. The van der Waals surface area contributed by atoms with Crippen LogP contribution in [0.2, 0.25) is 0 Å². The number of nitrogens with zero attached hydrogens (tertiary/aromatic N) is 1. The Balaban J connectivity index is 1.68. The number of nitrogens with two attached hydrogens (primary N) is 1. The van der Waals surface area contributed by atoms with Crippen LogP contribution in [0.5, 0.6) is 5.75 Å². The van der Waals surface area contributed by atoms with Crippen molar-refractivity contribution in [2.45, 2.75) is 50.8 Å². The second kappa shape index (κ2) is 7.37. The number of hydrogen-bond donors (Lipinski definition) is 1. The van der Waals surface area contributed by atoms with E-state index in [1.807, 2.05) is 13.0 Å². The maximum atomic E-state index is 14.4. The average Bonchev–Trinajstić information content (AvgIpc) is 2.65. The third kappa shape index (κ3) is 3.49. The molecule has 26 heavy (non-hydrogen) atoms. The Morgan fingerprint density at radius 1 is 1.15 bits per heavy atom. The van der Waals surface area contributed by atoms with Gasteiger partial charge in [0.1, 0.15) is 6.10 Å². The van der Waals surface area contributed by atoms with Crippen molar-refractivity contribution in [2.75, 3.05) is 13.1 Å². The fourth-order valence-electron chi connectivity index (χ4n) is 4.40. The van der Waals surface area contributed by atoms with Gasteiger partial charge in [0.2, 0.25) is 0 Å². The largest absolute Gasteiger partial charge is 0.481 e. The quantitative estimate of drug-likeness (QED) is 0.906. The van der Waals surface area contributed by atoms with Gasteiger partial charge in [-0.15, -0.1) is 0 Å². The lowest BCUT2D eigenvalue weighted by molar-refractivity contribution is 0.0347. The molecule has 0 aromatic heterocycles. The molecule has 0 bridgehead atoms. The number of ether oxygens (including phenoxy) is 1. The van der Waals surface area contributed by atoms with Gasteiger partial charge in [0.25, 0.3) is 0 Å². The molecule has 1 saturated heterocycles. The van der Waals surface area contributed by atoms with Gasteiger partial charge in [-0.3, -0.25) is 4.90 Å². The summed E-state index contributed by atoms with van der Waals surface area (Å²) in [5.41, 5.74) is 9.72. The Bertz CT molecular complexity index is 778. The number of likely N-dealkylation sites (tertiary alicyclic amines) is 1. The third-order valence-electron chi connectivity index (χ3n) is 5.72. The van der Waals surface area contributed by atoms with E-state index in [0.29, 0.717) is 5.75 Å². The van der Waals surface area contributed by atoms with E-state index in [2.05, 4.69) is 23.1 Å². The van der Waals surface area contributed by atoms with Gasteiger partial charge in [0.05, 0.1) is 6.04 Å². The van der Waals surface area contributed by atoms with Crippen molar-refractivity contribution >= 4 is 0 Å². The second-order valence-electron chi connectivity index (χ2n) is 7.67. The van der Waals surface area contributed by atoms with Crippen molar-refractivity contribution in [3.05, 3.63) is 65.0 Å². The molecule has 0 spiro atoms. The van der Waals surface area contributed by atoms with Crippen LogP contribution in [-0.2, 0) is 6.42 Å². The molecule has 3 nitrogen and oxygen atoms in total. The van der Waals surface area contributed by atoms with E-state index in [1.54, 1.807) is 12.1 Å². The SMILES string of the molecule is Cc1ccc(F)c(O[C@H]2c3ccccc3CC[C@@H]2N2CCC[C@H](N)C2)c1. The predicted octanol–water partition coefficient (Wildman–Crippen LogP) is 3.99. The minimum absolute atomic E-state index is 0.165. The Morgan fingerprint density at radius 3 is 2.85 bits per heavy atom. The van der Waals surface area contributed by atoms with Gasteiger partial charge in [-0.2, -0.15) is 0 Å². The van der Waals surface area contributed by atoms with Crippen LogP contribution in [0.3, 0.4) is 0 Å². The number of halogens is 1. The molecule has 1 fully saturated rings. The van der Waals surface area contributed by atoms with Crippen LogP contribution in [0, 0.1) is 12.7 Å². The lowest BCUT2D eigenvalue weighted by atomic mass is 9.84. The molecule has 2 aromatic rings. The van der Waals surface area contributed by atoms with Crippen LogP contribution in [0.15, 0.2) is 42.5 Å². The summed E-state index contributed by atoms with van der Waals surface area (Å²) in [7, 11) is 0. The average molecular weight is 354 g/mol. The molecule has 0 saturated carbocycles. The highest BCUT2D eigenvalue weighted by atomic mass is 19.1. The second-order valence-corrected chi connectivity index (χ2v) is 7.67. The van der Waals surface area contributed by atoms with E-state index in [9.17, 15) is 4.39 Å². The van der Waals surface area contributed by atoms with Crippen molar-refractivity contribution in [3.8, 4) is 5.75 Å². The number of benzene rings is 2. The summed E-state index contributed by atoms with van der Waals surface area (Å²) in [6.07, 6.45) is 4.08. The normalized spacial score (nSPS) is 26.3. The Morgan fingerprint density at radius 2 is 2.00 bits per heavy atom. The zero-order valence-electron chi connectivity index (χ0n) is 15.3. The molecule has 138 valence electrons. The molecule has 0 amide bonds. The zero-order valence-corrected chi connectivity index (χ0v) is 15.3. The molecular weight excluding hydrogens is 327 g/mol. The number of hydrogen-bond acceptors (Lipinski definition) is 3. The summed E-state index contributed by atoms with van der Waals surface area (Å²) in [4.78, 5) is 2.46. The standard InChI is InChI=1S/C22H27FN2O/c1-15-8-10-19(23)21(13-15)26-22-18-7-3-2-5-16(18)9-11-20(22)25-12-4-6-17(24)14-25/h2-3,5,7-8,10,13,17,20,22H,4,6,9,11-12,14,24H2,1H3/t17-,20-,22-/m0/s1. The van der Waals surface area contributed by atoms with Crippen molar-refractivity contribution in [3.63, 3.8) is 0 Å². The van der Waals surface area contributed by atoms with Gasteiger partial charge in [-0.1, -0.05) is 30.3 Å². The van der Waals surface area contributed by atoms with Crippen molar-refractivity contribution in [1.82, 2.24) is 4.90 Å². The van der Waals surface area contributed by atoms with E-state index in [-0.39, 0.29) is 24.0 Å². The first-order valence-electron chi connectivity index (χ1n) is 9.62. The van der Waals surface area contributed by atoms with E-state index >= 15 is 0 Å². The first-order chi connectivity index (χ1) is 12.6. The number of piperidine rings is 1. The number of rotatable bonds is 3. The first-order valence-corrected chi connectivity index (χ1v) is 9.62. The highest BCUT2D eigenvalue weighted by molar-refractivity contribution is 5.36. The fourth-order valence-corrected chi connectivity index (χ4v) is 4.40. The lowest BCUT2D eigenvalue weighted by Gasteiger charge is -2.43. The summed E-state index contributed by atoms with van der Waals surface area (Å²) >= 11 is 0. The number of aryl methyl sites for hydroxylation is 2. The van der Waals surface area contributed by atoms with Crippen LogP contribution < -0.4 is 10.5 Å². The zero-order chi connectivity index (χ0) is 18.1. The van der Waals surface area contributed by atoms with Gasteiger partial charge in [-0.05, 0) is 68.0 Å². The van der Waals surface area contributed by atoms with Gasteiger partial charge in [0.15, 0.2) is 11.6 Å². The minimum Gasteiger partial charge on any atom is -0.481 e. The molecule has 4 rings (SSSR count). The molecule has 0 unspecified atom stereocenters. The maximum absolute atomic E-state index is 14.4. The van der Waals surface area contributed by atoms with Gasteiger partial charge >= 0.3 is 0 Å². The van der Waals surface area contributed by atoms with Gasteiger partial charge < -0.3 is 10.5 Å². The van der Waals surface area contributed by atoms with Crippen molar-refractivity contribution in [2.24, 2.45) is 5.73 Å². The van der Waals surface area contributed by atoms with E-state index in [1.165, 1.54) is 17.2 Å². The highest BCUT2D eigenvalue weighted by Crippen LogP contribution is 2.38.